The Labute approximate surface area is 129 Å². The first-order valence-electron chi connectivity index (χ1n) is 6.02. The zero-order chi connectivity index (χ0) is 15.6. The number of hydrogen-bond donors (Lipinski definition) is 0. The molecule has 0 aliphatic rings. The fourth-order valence-electron chi connectivity index (χ4n) is 1.86. The number of benzene rings is 2. The van der Waals surface area contributed by atoms with Crippen molar-refractivity contribution in [2.45, 2.75) is 18.0 Å². The maximum absolute atomic E-state index is 13.1. The second-order valence-electron chi connectivity index (χ2n) is 4.54. The summed E-state index contributed by atoms with van der Waals surface area (Å²) in [6.07, 6.45) is -4.04. The van der Waals surface area contributed by atoms with Crippen LogP contribution in [-0.2, 0) is 12.6 Å². The molecular weight excluding hydrogens is 327 g/mol. The van der Waals surface area contributed by atoms with E-state index in [-0.39, 0.29) is 5.02 Å². The topological polar surface area (TPSA) is 0 Å². The Bertz CT molecular complexity index is 621. The molecule has 0 saturated heterocycles. The van der Waals surface area contributed by atoms with Gasteiger partial charge in [0.1, 0.15) is 5.82 Å². The Morgan fingerprint density at radius 2 is 1.62 bits per heavy atom. The molecule has 0 aliphatic heterocycles. The molecule has 0 amide bonds. The van der Waals surface area contributed by atoms with Crippen LogP contribution < -0.4 is 0 Å². The van der Waals surface area contributed by atoms with Crippen LogP contribution in [0.15, 0.2) is 42.5 Å². The lowest BCUT2D eigenvalue weighted by atomic mass is 10.0. The van der Waals surface area contributed by atoms with Crippen molar-refractivity contribution >= 4 is 23.2 Å². The summed E-state index contributed by atoms with van der Waals surface area (Å²) in [5.74, 6) is -0.543. The minimum atomic E-state index is -4.36. The van der Waals surface area contributed by atoms with Crippen LogP contribution in [0, 0.1) is 5.82 Å². The maximum Gasteiger partial charge on any atom is 0.416 e. The number of rotatable bonds is 3. The molecule has 0 nitrogen and oxygen atoms in total. The number of halogens is 6. The molecule has 0 heterocycles. The lowest BCUT2D eigenvalue weighted by Gasteiger charge is -2.12. The molecule has 112 valence electrons. The highest BCUT2D eigenvalue weighted by Gasteiger charge is 2.30. The van der Waals surface area contributed by atoms with Gasteiger partial charge in [0.2, 0.25) is 0 Å². The fourth-order valence-corrected chi connectivity index (χ4v) is 2.36. The van der Waals surface area contributed by atoms with E-state index in [1.54, 1.807) is 0 Å². The van der Waals surface area contributed by atoms with Crippen LogP contribution in [0.4, 0.5) is 17.6 Å². The van der Waals surface area contributed by atoms with Crippen LogP contribution >= 0.6 is 23.2 Å². The van der Waals surface area contributed by atoms with Crippen LogP contribution in [0.25, 0.3) is 0 Å². The SMILES string of the molecule is Fc1ccc(C(Cl)Cc2ccc(C(F)(F)F)cc2)cc1Cl. The molecule has 1 unspecified atom stereocenters. The molecule has 2 rings (SSSR count). The number of alkyl halides is 4. The van der Waals surface area contributed by atoms with Gasteiger partial charge in [-0.1, -0.05) is 29.8 Å². The molecule has 2 aromatic rings. The monoisotopic (exact) mass is 336 g/mol. The van der Waals surface area contributed by atoms with Crippen LogP contribution in [0.5, 0.6) is 0 Å². The molecule has 6 heteroatoms. The highest BCUT2D eigenvalue weighted by molar-refractivity contribution is 6.31. The molecule has 2 aromatic carbocycles. The minimum Gasteiger partial charge on any atom is -0.205 e. The molecule has 0 spiro atoms. The Balaban J connectivity index is 2.12. The van der Waals surface area contributed by atoms with Crippen molar-refractivity contribution < 1.29 is 17.6 Å². The summed E-state index contributed by atoms with van der Waals surface area (Å²) in [6, 6.07) is 8.90. The van der Waals surface area contributed by atoms with Gasteiger partial charge >= 0.3 is 6.18 Å². The Morgan fingerprint density at radius 1 is 1.00 bits per heavy atom. The first-order chi connectivity index (χ1) is 9.77. The third kappa shape index (κ3) is 4.11. The zero-order valence-electron chi connectivity index (χ0n) is 10.6. The fraction of sp³-hybridized carbons (Fsp3) is 0.200. The highest BCUT2D eigenvalue weighted by Crippen LogP contribution is 2.31. The van der Waals surface area contributed by atoms with Crippen LogP contribution in [0.2, 0.25) is 5.02 Å². The third-order valence-corrected chi connectivity index (χ3v) is 3.70. The van der Waals surface area contributed by atoms with Crippen LogP contribution in [0.1, 0.15) is 22.1 Å². The summed E-state index contributed by atoms with van der Waals surface area (Å²) >= 11 is 11.9. The van der Waals surface area contributed by atoms with Gasteiger partial charge in [0.25, 0.3) is 0 Å². The van der Waals surface area contributed by atoms with E-state index >= 15 is 0 Å². The molecule has 0 radical (unpaired) electrons. The normalized spacial score (nSPS) is 13.2. The Morgan fingerprint density at radius 3 is 2.14 bits per heavy atom. The Hall–Kier alpha value is -1.26. The van der Waals surface area contributed by atoms with Crippen LogP contribution in [-0.4, -0.2) is 0 Å². The summed E-state index contributed by atoms with van der Waals surface area (Å²) in [4.78, 5) is 0. The lowest BCUT2D eigenvalue weighted by Crippen LogP contribution is -2.05. The van der Waals surface area contributed by atoms with E-state index in [9.17, 15) is 17.6 Å². The summed E-state index contributed by atoms with van der Waals surface area (Å²) in [5.41, 5.74) is 0.564. The van der Waals surface area contributed by atoms with Crippen molar-refractivity contribution in [1.82, 2.24) is 0 Å². The van der Waals surface area contributed by atoms with Gasteiger partial charge in [0.15, 0.2) is 0 Å². The van der Waals surface area contributed by atoms with Gasteiger partial charge in [-0.2, -0.15) is 13.2 Å². The molecule has 0 saturated carbocycles. The first kappa shape index (κ1) is 16.1. The molecular formula is C15H10Cl2F4. The molecule has 0 aliphatic carbocycles. The summed E-state index contributed by atoms with van der Waals surface area (Å²) < 4.78 is 50.4. The van der Waals surface area contributed by atoms with E-state index in [0.717, 1.165) is 12.1 Å². The van der Waals surface area contributed by atoms with Gasteiger partial charge < -0.3 is 0 Å². The molecule has 1 atom stereocenters. The summed E-state index contributed by atoms with van der Waals surface area (Å²) in [5, 5.41) is -0.537. The maximum atomic E-state index is 13.1. The van der Waals surface area contributed by atoms with E-state index in [1.165, 1.54) is 30.3 Å². The van der Waals surface area contributed by atoms with E-state index in [4.69, 9.17) is 23.2 Å². The predicted octanol–water partition coefficient (Wildman–Crippen LogP) is 6.02. The zero-order valence-corrected chi connectivity index (χ0v) is 12.1. The predicted molar refractivity (Wildman–Crippen MR) is 75.2 cm³/mol. The van der Waals surface area contributed by atoms with Crippen molar-refractivity contribution in [3.63, 3.8) is 0 Å². The van der Waals surface area contributed by atoms with Gasteiger partial charge in [-0.25, -0.2) is 4.39 Å². The Kier molecular flexibility index (Phi) is 4.79. The molecule has 0 N–H and O–H groups in total. The van der Waals surface area contributed by atoms with Crippen molar-refractivity contribution in [3.05, 3.63) is 70.0 Å². The lowest BCUT2D eigenvalue weighted by molar-refractivity contribution is -0.137. The van der Waals surface area contributed by atoms with Crippen molar-refractivity contribution in [3.8, 4) is 0 Å². The number of hydrogen-bond acceptors (Lipinski definition) is 0. The standard InChI is InChI=1S/C15H10Cl2F4/c16-12(10-3-6-14(18)13(17)8-10)7-9-1-4-11(5-2-9)15(19,20)21/h1-6,8,12H,7H2. The van der Waals surface area contributed by atoms with Gasteiger partial charge in [-0.15, -0.1) is 11.6 Å². The van der Waals surface area contributed by atoms with Gasteiger partial charge in [-0.05, 0) is 41.8 Å². The summed E-state index contributed by atoms with van der Waals surface area (Å²) in [6.45, 7) is 0. The average Bonchev–Trinajstić information content (AvgIpc) is 2.41. The van der Waals surface area contributed by atoms with Gasteiger partial charge in [-0.3, -0.25) is 0 Å². The van der Waals surface area contributed by atoms with Crippen LogP contribution in [0.3, 0.4) is 0 Å². The molecule has 0 aromatic heterocycles. The second-order valence-corrected chi connectivity index (χ2v) is 5.47. The van der Waals surface area contributed by atoms with E-state index < -0.39 is 22.9 Å². The van der Waals surface area contributed by atoms with Gasteiger partial charge in [0, 0.05) is 0 Å². The molecule has 21 heavy (non-hydrogen) atoms. The van der Waals surface area contributed by atoms with Gasteiger partial charge in [0.05, 0.1) is 16.0 Å². The summed E-state index contributed by atoms with van der Waals surface area (Å²) in [7, 11) is 0. The second kappa shape index (κ2) is 6.24. The van der Waals surface area contributed by atoms with E-state index in [0.29, 0.717) is 17.5 Å². The minimum absolute atomic E-state index is 0.0365. The largest absolute Gasteiger partial charge is 0.416 e. The quantitative estimate of drug-likeness (QED) is 0.474. The average molecular weight is 337 g/mol. The molecule has 0 fully saturated rings. The van der Waals surface area contributed by atoms with Crippen molar-refractivity contribution in [1.29, 1.82) is 0 Å². The van der Waals surface area contributed by atoms with Crippen molar-refractivity contribution in [2.24, 2.45) is 0 Å². The van der Waals surface area contributed by atoms with E-state index in [2.05, 4.69) is 0 Å². The molecule has 0 bridgehead atoms. The van der Waals surface area contributed by atoms with Crippen molar-refractivity contribution in [2.75, 3.05) is 0 Å². The van der Waals surface area contributed by atoms with E-state index in [1.807, 2.05) is 0 Å². The first-order valence-corrected chi connectivity index (χ1v) is 6.84. The smallest absolute Gasteiger partial charge is 0.205 e. The highest BCUT2D eigenvalue weighted by atomic mass is 35.5. The third-order valence-electron chi connectivity index (χ3n) is 3.00.